The van der Waals surface area contributed by atoms with E-state index in [2.05, 4.69) is 4.98 Å². The number of alkyl halides is 2. The molecule has 2 N–H and O–H groups in total. The van der Waals surface area contributed by atoms with Crippen LogP contribution in [0.1, 0.15) is 17.8 Å². The fourth-order valence-corrected chi connectivity index (χ4v) is 1.99. The molecule has 0 saturated carbocycles. The average molecular weight is 268 g/mol. The molecule has 0 aliphatic carbocycles. The first-order chi connectivity index (χ1) is 7.27. The van der Waals surface area contributed by atoms with E-state index in [4.69, 9.17) is 21.7 Å². The van der Waals surface area contributed by atoms with E-state index in [1.807, 2.05) is 0 Å². The van der Waals surface area contributed by atoms with Gasteiger partial charge in [-0.05, 0) is 6.07 Å². The Balaban J connectivity index is 3.63. The van der Waals surface area contributed by atoms with Crippen molar-refractivity contribution in [2.75, 3.05) is 5.73 Å². The molecule has 0 aliphatic heterocycles. The van der Waals surface area contributed by atoms with Crippen LogP contribution in [0, 0.1) is 11.3 Å². The van der Waals surface area contributed by atoms with E-state index < -0.39 is 31.8 Å². The maximum absolute atomic E-state index is 12.5. The number of hydrogen-bond donors (Lipinski definition) is 1. The van der Waals surface area contributed by atoms with Crippen molar-refractivity contribution in [1.29, 1.82) is 5.26 Å². The van der Waals surface area contributed by atoms with Gasteiger partial charge >= 0.3 is 0 Å². The maximum atomic E-state index is 12.5. The minimum Gasteiger partial charge on any atom is -0.396 e. The Morgan fingerprint density at radius 3 is 2.50 bits per heavy atom. The number of nitrogen functional groups attached to an aromatic ring is 1. The van der Waals surface area contributed by atoms with E-state index in [1.54, 1.807) is 0 Å². The fraction of sp³-hybridized carbons (Fsp3) is 0.143. The lowest BCUT2D eigenvalue weighted by Gasteiger charge is -2.06. The lowest BCUT2D eigenvalue weighted by molar-refractivity contribution is 0.142. The zero-order valence-corrected chi connectivity index (χ0v) is 9.06. The Bertz CT molecular complexity index is 568. The number of nitrogens with two attached hydrogens (primary N) is 1. The van der Waals surface area contributed by atoms with E-state index in [1.165, 1.54) is 6.07 Å². The van der Waals surface area contributed by atoms with Gasteiger partial charge in [-0.3, -0.25) is 0 Å². The summed E-state index contributed by atoms with van der Waals surface area (Å²) in [5.41, 5.74) is 3.36. The Hall–Kier alpha value is -1.46. The summed E-state index contributed by atoms with van der Waals surface area (Å²) in [6.45, 7) is 0. The molecule has 1 aromatic rings. The Morgan fingerprint density at radius 2 is 2.12 bits per heavy atom. The van der Waals surface area contributed by atoms with Crippen LogP contribution in [0.4, 0.5) is 14.5 Å². The molecule has 16 heavy (non-hydrogen) atoms. The van der Waals surface area contributed by atoms with Crippen molar-refractivity contribution in [1.82, 2.24) is 4.98 Å². The molecule has 0 atom stereocenters. The number of nitrogens with zero attached hydrogens (tertiary/aromatic N) is 2. The molecular weight excluding hydrogens is 264 g/mol. The molecule has 9 heteroatoms. The molecule has 5 nitrogen and oxygen atoms in total. The Kier molecular flexibility index (Phi) is 3.30. The summed E-state index contributed by atoms with van der Waals surface area (Å²) in [5.74, 6) is 0. The van der Waals surface area contributed by atoms with Gasteiger partial charge < -0.3 is 5.73 Å². The average Bonchev–Trinajstić information content (AvgIpc) is 2.15. The van der Waals surface area contributed by atoms with Crippen LogP contribution >= 0.6 is 10.7 Å². The predicted molar refractivity (Wildman–Crippen MR) is 51.4 cm³/mol. The molecule has 0 amide bonds. The lowest BCUT2D eigenvalue weighted by atomic mass is 10.2. The molecule has 86 valence electrons. The highest BCUT2D eigenvalue weighted by Gasteiger charge is 2.25. The first-order valence-electron chi connectivity index (χ1n) is 3.70. The molecule has 0 aromatic carbocycles. The predicted octanol–water partition coefficient (Wildman–Crippen LogP) is 1.40. The number of rotatable bonds is 2. The zero-order chi connectivity index (χ0) is 12.5. The van der Waals surface area contributed by atoms with Crippen molar-refractivity contribution in [2.45, 2.75) is 11.3 Å². The van der Waals surface area contributed by atoms with E-state index in [-0.39, 0.29) is 5.69 Å². The smallest absolute Gasteiger partial charge is 0.281 e. The summed E-state index contributed by atoms with van der Waals surface area (Å²) in [7, 11) is 0.550. The van der Waals surface area contributed by atoms with Crippen molar-refractivity contribution in [3.63, 3.8) is 0 Å². The van der Waals surface area contributed by atoms with Gasteiger partial charge in [-0.25, -0.2) is 22.2 Å². The second kappa shape index (κ2) is 4.19. The summed E-state index contributed by atoms with van der Waals surface area (Å²) in [5, 5.41) is 8.50. The maximum Gasteiger partial charge on any atom is 0.281 e. The van der Waals surface area contributed by atoms with Gasteiger partial charge in [-0.2, -0.15) is 5.26 Å². The molecule has 0 bridgehead atoms. The van der Waals surface area contributed by atoms with Gasteiger partial charge in [0, 0.05) is 10.7 Å². The van der Waals surface area contributed by atoms with Gasteiger partial charge in [0.05, 0.1) is 5.69 Å². The summed E-state index contributed by atoms with van der Waals surface area (Å²) in [6, 6.07) is 2.15. The third-order valence-corrected chi connectivity index (χ3v) is 2.97. The summed E-state index contributed by atoms with van der Waals surface area (Å²) >= 11 is 0. The van der Waals surface area contributed by atoms with Gasteiger partial charge in [0.15, 0.2) is 5.69 Å². The number of nitriles is 1. The van der Waals surface area contributed by atoms with Crippen LogP contribution in [0.2, 0.25) is 0 Å². The number of aromatic nitrogens is 1. The molecule has 0 unspecified atom stereocenters. The quantitative estimate of drug-likeness (QED) is 0.817. The second-order valence-corrected chi connectivity index (χ2v) is 5.19. The van der Waals surface area contributed by atoms with E-state index >= 15 is 0 Å². The van der Waals surface area contributed by atoms with Gasteiger partial charge in [0.25, 0.3) is 15.5 Å². The van der Waals surface area contributed by atoms with Crippen molar-refractivity contribution in [3.05, 3.63) is 17.5 Å². The van der Waals surface area contributed by atoms with E-state index in [9.17, 15) is 17.2 Å². The highest BCUT2D eigenvalue weighted by atomic mass is 35.7. The standard InChI is InChI=1S/C7H4ClF2N3O2S/c8-16(14,15)5-1-3(12)4(2-11)13-6(5)7(9)10/h1,7H,12H2. The normalized spacial score (nSPS) is 11.4. The van der Waals surface area contributed by atoms with Crippen LogP contribution in [0.15, 0.2) is 11.0 Å². The molecule has 0 saturated heterocycles. The second-order valence-electron chi connectivity index (χ2n) is 2.66. The molecular formula is C7H4ClF2N3O2S. The largest absolute Gasteiger partial charge is 0.396 e. The topological polar surface area (TPSA) is 96.8 Å². The van der Waals surface area contributed by atoms with Gasteiger partial charge in [-0.15, -0.1) is 0 Å². The van der Waals surface area contributed by atoms with Gasteiger partial charge in [0.1, 0.15) is 16.7 Å². The van der Waals surface area contributed by atoms with E-state index in [0.29, 0.717) is 6.07 Å². The van der Waals surface area contributed by atoms with E-state index in [0.717, 1.165) is 0 Å². The Morgan fingerprint density at radius 1 is 1.56 bits per heavy atom. The van der Waals surface area contributed by atoms with Crippen LogP contribution in [0.5, 0.6) is 0 Å². The molecule has 0 aliphatic rings. The van der Waals surface area contributed by atoms with Gasteiger partial charge in [0.2, 0.25) is 0 Å². The highest BCUT2D eigenvalue weighted by molar-refractivity contribution is 8.13. The number of pyridine rings is 1. The third kappa shape index (κ3) is 2.37. The monoisotopic (exact) mass is 267 g/mol. The van der Waals surface area contributed by atoms with Crippen LogP contribution in [0.25, 0.3) is 0 Å². The van der Waals surface area contributed by atoms with Crippen molar-refractivity contribution in [3.8, 4) is 6.07 Å². The summed E-state index contributed by atoms with van der Waals surface area (Å²) in [4.78, 5) is 2.27. The minimum atomic E-state index is -4.39. The van der Waals surface area contributed by atoms with Crippen molar-refractivity contribution in [2.24, 2.45) is 0 Å². The fourth-order valence-electron chi connectivity index (χ4n) is 0.965. The lowest BCUT2D eigenvalue weighted by Crippen LogP contribution is -2.06. The summed E-state index contributed by atoms with van der Waals surface area (Å²) < 4.78 is 46.9. The number of halogens is 3. The number of anilines is 1. The van der Waals surface area contributed by atoms with Gasteiger partial charge in [-0.1, -0.05) is 0 Å². The molecule has 0 radical (unpaired) electrons. The van der Waals surface area contributed by atoms with Crippen LogP contribution in [0.3, 0.4) is 0 Å². The van der Waals surface area contributed by atoms with Crippen molar-refractivity contribution >= 4 is 25.4 Å². The molecule has 0 fully saturated rings. The highest BCUT2D eigenvalue weighted by Crippen LogP contribution is 2.29. The van der Waals surface area contributed by atoms with Crippen molar-refractivity contribution < 1.29 is 17.2 Å². The SMILES string of the molecule is N#Cc1nc(C(F)F)c(S(=O)(=O)Cl)cc1N. The first kappa shape index (κ1) is 12.6. The third-order valence-electron chi connectivity index (χ3n) is 1.62. The zero-order valence-electron chi connectivity index (χ0n) is 7.49. The number of hydrogen-bond acceptors (Lipinski definition) is 5. The van der Waals surface area contributed by atoms with Crippen LogP contribution in [-0.4, -0.2) is 13.4 Å². The van der Waals surface area contributed by atoms with Crippen LogP contribution < -0.4 is 5.73 Å². The molecule has 1 heterocycles. The summed E-state index contributed by atoms with van der Waals surface area (Å²) in [6.07, 6.45) is -3.17. The molecule has 1 aromatic heterocycles. The van der Waals surface area contributed by atoms with Crippen LogP contribution in [-0.2, 0) is 9.05 Å². The Labute approximate surface area is 93.9 Å². The first-order valence-corrected chi connectivity index (χ1v) is 6.01. The molecule has 1 rings (SSSR count). The minimum absolute atomic E-state index is 0.328. The molecule has 0 spiro atoms.